The van der Waals surface area contributed by atoms with E-state index in [1.54, 1.807) is 0 Å². The van der Waals surface area contributed by atoms with E-state index in [4.69, 9.17) is 0 Å². The minimum Gasteiger partial charge on any atom is -0.335 e. The maximum atomic E-state index is 12.3. The largest absolute Gasteiger partial charge is 0.335 e. The van der Waals surface area contributed by atoms with Gasteiger partial charge in [-0.1, -0.05) is 66.7 Å². The number of anilines is 1. The van der Waals surface area contributed by atoms with Crippen LogP contribution in [0.1, 0.15) is 18.9 Å². The monoisotopic (exact) mass is 318 g/mol. The summed E-state index contributed by atoms with van der Waals surface area (Å²) in [5.41, 5.74) is 2.13. The molecule has 0 aliphatic rings. The number of aryl methyl sites for hydroxylation is 1. The number of carbonyl (C=O) groups excluding carboxylic acids is 1. The number of urea groups is 1. The summed E-state index contributed by atoms with van der Waals surface area (Å²) in [7, 11) is 0. The summed E-state index contributed by atoms with van der Waals surface area (Å²) in [5.74, 6) is 0. The third-order valence-corrected chi connectivity index (χ3v) is 4.12. The van der Waals surface area contributed by atoms with Crippen LogP contribution in [0.2, 0.25) is 0 Å². The van der Waals surface area contributed by atoms with Gasteiger partial charge in [-0.3, -0.25) is 0 Å². The van der Waals surface area contributed by atoms with E-state index in [1.165, 1.54) is 5.56 Å². The molecule has 0 unspecified atom stereocenters. The number of fused-ring (bicyclic) bond motifs is 1. The number of benzene rings is 3. The predicted octanol–water partition coefficient (Wildman–Crippen LogP) is 4.98. The van der Waals surface area contributed by atoms with E-state index in [0.717, 1.165) is 29.3 Å². The molecule has 0 saturated heterocycles. The SMILES string of the molecule is C[C@H](CCc1ccccc1)NC(=O)Nc1cccc2ccccc12. The van der Waals surface area contributed by atoms with Gasteiger partial charge in [0.2, 0.25) is 0 Å². The van der Waals surface area contributed by atoms with Gasteiger partial charge in [-0.25, -0.2) is 4.79 Å². The van der Waals surface area contributed by atoms with E-state index in [9.17, 15) is 4.79 Å². The van der Waals surface area contributed by atoms with Crippen LogP contribution in [0.15, 0.2) is 72.8 Å². The fraction of sp³-hybridized carbons (Fsp3) is 0.190. The second kappa shape index (κ2) is 7.64. The Bertz CT molecular complexity index is 809. The first kappa shape index (κ1) is 16.1. The Labute approximate surface area is 142 Å². The fourth-order valence-corrected chi connectivity index (χ4v) is 2.82. The highest BCUT2D eigenvalue weighted by Gasteiger charge is 2.09. The van der Waals surface area contributed by atoms with E-state index >= 15 is 0 Å². The van der Waals surface area contributed by atoms with Crippen molar-refractivity contribution in [3.63, 3.8) is 0 Å². The molecule has 3 aromatic carbocycles. The second-order valence-corrected chi connectivity index (χ2v) is 6.05. The lowest BCUT2D eigenvalue weighted by molar-refractivity contribution is 0.248. The zero-order valence-electron chi connectivity index (χ0n) is 13.8. The second-order valence-electron chi connectivity index (χ2n) is 6.05. The van der Waals surface area contributed by atoms with Crippen molar-refractivity contribution in [1.29, 1.82) is 0 Å². The van der Waals surface area contributed by atoms with Crippen molar-refractivity contribution in [2.45, 2.75) is 25.8 Å². The van der Waals surface area contributed by atoms with E-state index in [-0.39, 0.29) is 12.1 Å². The molecule has 3 rings (SSSR count). The molecule has 0 aliphatic heterocycles. The number of amides is 2. The van der Waals surface area contributed by atoms with Gasteiger partial charge < -0.3 is 10.6 Å². The van der Waals surface area contributed by atoms with Crippen LogP contribution in [0.4, 0.5) is 10.5 Å². The zero-order valence-corrected chi connectivity index (χ0v) is 13.8. The van der Waals surface area contributed by atoms with Crippen LogP contribution >= 0.6 is 0 Å². The van der Waals surface area contributed by atoms with Crippen molar-refractivity contribution in [3.05, 3.63) is 78.4 Å². The third-order valence-electron chi connectivity index (χ3n) is 4.12. The van der Waals surface area contributed by atoms with Crippen molar-refractivity contribution in [3.8, 4) is 0 Å². The van der Waals surface area contributed by atoms with Gasteiger partial charge >= 0.3 is 6.03 Å². The van der Waals surface area contributed by atoms with Gasteiger partial charge in [0.25, 0.3) is 0 Å². The molecule has 2 N–H and O–H groups in total. The van der Waals surface area contributed by atoms with Gasteiger partial charge in [-0.05, 0) is 36.8 Å². The summed E-state index contributed by atoms with van der Waals surface area (Å²) in [4.78, 5) is 12.3. The first-order valence-electron chi connectivity index (χ1n) is 8.31. The van der Waals surface area contributed by atoms with Crippen molar-refractivity contribution in [2.75, 3.05) is 5.32 Å². The Morgan fingerprint density at radius 2 is 1.62 bits per heavy atom. The molecule has 122 valence electrons. The highest BCUT2D eigenvalue weighted by Crippen LogP contribution is 2.22. The number of hydrogen-bond acceptors (Lipinski definition) is 1. The minimum absolute atomic E-state index is 0.111. The van der Waals surface area contributed by atoms with Crippen molar-refractivity contribution < 1.29 is 4.79 Å². The molecule has 0 fully saturated rings. The maximum absolute atomic E-state index is 12.3. The number of rotatable bonds is 5. The summed E-state index contributed by atoms with van der Waals surface area (Å²) in [6, 6.07) is 24.2. The Morgan fingerprint density at radius 1 is 0.917 bits per heavy atom. The molecular formula is C21H22N2O. The molecule has 0 radical (unpaired) electrons. The molecule has 0 saturated carbocycles. The molecule has 3 aromatic rings. The highest BCUT2D eigenvalue weighted by molar-refractivity contribution is 6.01. The average Bonchev–Trinajstić information content (AvgIpc) is 2.61. The normalized spacial score (nSPS) is 11.9. The highest BCUT2D eigenvalue weighted by atomic mass is 16.2. The van der Waals surface area contributed by atoms with Crippen LogP contribution in [-0.4, -0.2) is 12.1 Å². The molecule has 1 atom stereocenters. The summed E-state index contributed by atoms with van der Waals surface area (Å²) < 4.78 is 0. The molecule has 0 aliphatic carbocycles. The smallest absolute Gasteiger partial charge is 0.319 e. The molecule has 0 heterocycles. The van der Waals surface area contributed by atoms with Gasteiger partial charge in [-0.2, -0.15) is 0 Å². The maximum Gasteiger partial charge on any atom is 0.319 e. The van der Waals surface area contributed by atoms with Crippen molar-refractivity contribution >= 4 is 22.5 Å². The molecule has 24 heavy (non-hydrogen) atoms. The predicted molar refractivity (Wildman–Crippen MR) is 100 cm³/mol. The fourth-order valence-electron chi connectivity index (χ4n) is 2.82. The van der Waals surface area contributed by atoms with Crippen LogP contribution in [-0.2, 0) is 6.42 Å². The van der Waals surface area contributed by atoms with Gasteiger partial charge in [0.05, 0.1) is 5.69 Å². The number of nitrogens with one attached hydrogen (secondary N) is 2. The van der Waals surface area contributed by atoms with Gasteiger partial charge in [-0.15, -0.1) is 0 Å². The van der Waals surface area contributed by atoms with Gasteiger partial charge in [0, 0.05) is 11.4 Å². The Balaban J connectivity index is 1.56. The first-order valence-corrected chi connectivity index (χ1v) is 8.31. The lowest BCUT2D eigenvalue weighted by atomic mass is 10.1. The Hall–Kier alpha value is -2.81. The molecule has 2 amide bonds. The van der Waals surface area contributed by atoms with E-state index in [2.05, 4.69) is 22.8 Å². The summed E-state index contributed by atoms with van der Waals surface area (Å²) in [6.45, 7) is 2.03. The van der Waals surface area contributed by atoms with Crippen LogP contribution in [0.3, 0.4) is 0 Å². The lowest BCUT2D eigenvalue weighted by Crippen LogP contribution is -2.36. The summed E-state index contributed by atoms with van der Waals surface area (Å²) in [5, 5.41) is 8.14. The Kier molecular flexibility index (Phi) is 5.12. The molecule has 0 aromatic heterocycles. The van der Waals surface area contributed by atoms with E-state index < -0.39 is 0 Å². The van der Waals surface area contributed by atoms with Crippen LogP contribution in [0.5, 0.6) is 0 Å². The quantitative estimate of drug-likeness (QED) is 0.684. The molecular weight excluding hydrogens is 296 g/mol. The zero-order chi connectivity index (χ0) is 16.8. The topological polar surface area (TPSA) is 41.1 Å². The standard InChI is InChI=1S/C21H22N2O/c1-16(14-15-17-8-3-2-4-9-17)22-21(24)23-20-13-7-11-18-10-5-6-12-19(18)20/h2-13,16H,14-15H2,1H3,(H2,22,23,24)/t16-/m1/s1. The molecule has 3 heteroatoms. The Morgan fingerprint density at radius 3 is 2.46 bits per heavy atom. The summed E-state index contributed by atoms with van der Waals surface area (Å²) >= 11 is 0. The summed E-state index contributed by atoms with van der Waals surface area (Å²) in [6.07, 6.45) is 1.86. The first-order chi connectivity index (χ1) is 11.7. The lowest BCUT2D eigenvalue weighted by Gasteiger charge is -2.15. The van der Waals surface area contributed by atoms with E-state index in [0.29, 0.717) is 0 Å². The van der Waals surface area contributed by atoms with Gasteiger partial charge in [0.1, 0.15) is 0 Å². The minimum atomic E-state index is -0.160. The molecule has 0 bridgehead atoms. The van der Waals surface area contributed by atoms with Crippen molar-refractivity contribution in [1.82, 2.24) is 5.32 Å². The van der Waals surface area contributed by atoms with Gasteiger partial charge in [0.15, 0.2) is 0 Å². The number of hydrogen-bond donors (Lipinski definition) is 2. The van der Waals surface area contributed by atoms with E-state index in [1.807, 2.05) is 67.6 Å². The molecule has 0 spiro atoms. The van der Waals surface area contributed by atoms with Crippen molar-refractivity contribution in [2.24, 2.45) is 0 Å². The number of carbonyl (C=O) groups is 1. The van der Waals surface area contributed by atoms with Crippen LogP contribution in [0.25, 0.3) is 10.8 Å². The third kappa shape index (κ3) is 4.13. The van der Waals surface area contributed by atoms with Crippen LogP contribution in [0, 0.1) is 0 Å². The molecule has 3 nitrogen and oxygen atoms in total. The van der Waals surface area contributed by atoms with Crippen LogP contribution < -0.4 is 10.6 Å². The average molecular weight is 318 g/mol.